The zero-order chi connectivity index (χ0) is 14.5. The first-order valence-electron chi connectivity index (χ1n) is 5.90. The highest BCUT2D eigenvalue weighted by Crippen LogP contribution is 2.19. The molecule has 0 fully saturated rings. The number of ether oxygens (including phenoxy) is 1. The zero-order valence-electron chi connectivity index (χ0n) is 10.5. The van der Waals surface area contributed by atoms with E-state index in [-0.39, 0.29) is 5.56 Å². The fourth-order valence-corrected chi connectivity index (χ4v) is 2.02. The highest BCUT2D eigenvalue weighted by molar-refractivity contribution is 6.31. The largest absolute Gasteiger partial charge is 0.478 e. The summed E-state index contributed by atoms with van der Waals surface area (Å²) in [7, 11) is 0. The first kappa shape index (κ1) is 14.9. The van der Waals surface area contributed by atoms with Gasteiger partial charge in [0.2, 0.25) is 0 Å². The van der Waals surface area contributed by atoms with Crippen molar-refractivity contribution in [1.29, 1.82) is 0 Å². The molecule has 0 aliphatic rings. The summed E-state index contributed by atoms with van der Waals surface area (Å²) in [6.07, 6.45) is 0. The fraction of sp³-hybridized carbons (Fsp3) is 0.133. The average Bonchev–Trinajstić information content (AvgIpc) is 2.42. The van der Waals surface area contributed by atoms with Crippen LogP contribution in [-0.4, -0.2) is 11.1 Å². The average molecular weight is 311 g/mol. The van der Waals surface area contributed by atoms with Gasteiger partial charge in [-0.05, 0) is 35.4 Å². The van der Waals surface area contributed by atoms with Crippen molar-refractivity contribution in [2.24, 2.45) is 0 Å². The SMILES string of the molecule is O=C(O)c1ccc(COCc2ccc(Cl)cc2)c(Cl)c1. The van der Waals surface area contributed by atoms with Crippen LogP contribution in [0.15, 0.2) is 42.5 Å². The molecule has 0 unspecified atom stereocenters. The van der Waals surface area contributed by atoms with Gasteiger partial charge in [-0.1, -0.05) is 41.4 Å². The van der Waals surface area contributed by atoms with Gasteiger partial charge in [-0.2, -0.15) is 0 Å². The molecule has 104 valence electrons. The number of hydrogen-bond acceptors (Lipinski definition) is 2. The predicted molar refractivity (Wildman–Crippen MR) is 78.4 cm³/mol. The van der Waals surface area contributed by atoms with Crippen molar-refractivity contribution in [3.8, 4) is 0 Å². The minimum Gasteiger partial charge on any atom is -0.478 e. The van der Waals surface area contributed by atoms with Crippen LogP contribution in [0.2, 0.25) is 10.0 Å². The maximum absolute atomic E-state index is 10.8. The van der Waals surface area contributed by atoms with Crippen molar-refractivity contribution in [1.82, 2.24) is 0 Å². The second-order valence-corrected chi connectivity index (χ2v) is 5.07. The molecule has 2 rings (SSSR count). The maximum Gasteiger partial charge on any atom is 0.335 e. The molecule has 0 bridgehead atoms. The first-order valence-corrected chi connectivity index (χ1v) is 6.66. The topological polar surface area (TPSA) is 46.5 Å². The summed E-state index contributed by atoms with van der Waals surface area (Å²) in [5.74, 6) is -1.000. The second kappa shape index (κ2) is 6.75. The molecule has 0 aromatic heterocycles. The van der Waals surface area contributed by atoms with Crippen LogP contribution >= 0.6 is 23.2 Å². The molecule has 3 nitrogen and oxygen atoms in total. The van der Waals surface area contributed by atoms with E-state index in [2.05, 4.69) is 0 Å². The van der Waals surface area contributed by atoms with E-state index in [1.165, 1.54) is 12.1 Å². The van der Waals surface area contributed by atoms with Gasteiger partial charge in [0.1, 0.15) is 0 Å². The summed E-state index contributed by atoms with van der Waals surface area (Å²) < 4.78 is 5.55. The van der Waals surface area contributed by atoms with E-state index in [4.69, 9.17) is 33.0 Å². The molecule has 20 heavy (non-hydrogen) atoms. The van der Waals surface area contributed by atoms with Crippen LogP contribution in [0.1, 0.15) is 21.5 Å². The van der Waals surface area contributed by atoms with Gasteiger partial charge < -0.3 is 9.84 Å². The summed E-state index contributed by atoms with van der Waals surface area (Å²) in [6.45, 7) is 0.759. The lowest BCUT2D eigenvalue weighted by atomic mass is 10.1. The highest BCUT2D eigenvalue weighted by Gasteiger charge is 2.07. The molecule has 2 aromatic rings. The molecule has 0 spiro atoms. The summed E-state index contributed by atoms with van der Waals surface area (Å²) in [5.41, 5.74) is 1.93. The molecular formula is C15H12Cl2O3. The molecular weight excluding hydrogens is 299 g/mol. The monoisotopic (exact) mass is 310 g/mol. The Morgan fingerprint density at radius 3 is 2.35 bits per heavy atom. The normalized spacial score (nSPS) is 10.5. The summed E-state index contributed by atoms with van der Waals surface area (Å²) in [5, 5.41) is 9.92. The highest BCUT2D eigenvalue weighted by atomic mass is 35.5. The Kier molecular flexibility index (Phi) is 5.01. The van der Waals surface area contributed by atoms with Crippen LogP contribution in [0.25, 0.3) is 0 Å². The van der Waals surface area contributed by atoms with E-state index in [0.717, 1.165) is 11.1 Å². The number of aromatic carboxylic acids is 1. The van der Waals surface area contributed by atoms with Gasteiger partial charge in [0, 0.05) is 10.0 Å². The third-order valence-electron chi connectivity index (χ3n) is 2.74. The van der Waals surface area contributed by atoms with E-state index < -0.39 is 5.97 Å². The number of halogens is 2. The van der Waals surface area contributed by atoms with Gasteiger partial charge in [-0.3, -0.25) is 0 Å². The van der Waals surface area contributed by atoms with Crippen LogP contribution in [0.5, 0.6) is 0 Å². The lowest BCUT2D eigenvalue weighted by molar-refractivity contribution is 0.0696. The summed E-state index contributed by atoms with van der Waals surface area (Å²) in [4.78, 5) is 10.8. The number of rotatable bonds is 5. The molecule has 1 N–H and O–H groups in total. The number of hydrogen-bond donors (Lipinski definition) is 1. The van der Waals surface area contributed by atoms with Gasteiger partial charge >= 0.3 is 5.97 Å². The van der Waals surface area contributed by atoms with Crippen molar-refractivity contribution in [2.45, 2.75) is 13.2 Å². The number of carboxylic acid groups (broad SMARTS) is 1. The van der Waals surface area contributed by atoms with E-state index in [1.807, 2.05) is 12.1 Å². The van der Waals surface area contributed by atoms with Crippen LogP contribution in [0, 0.1) is 0 Å². The van der Waals surface area contributed by atoms with Crippen molar-refractivity contribution < 1.29 is 14.6 Å². The predicted octanol–water partition coefficient (Wildman–Crippen LogP) is 4.41. The Labute approximate surface area is 126 Å². The van der Waals surface area contributed by atoms with Crippen LogP contribution in [-0.2, 0) is 18.0 Å². The number of carbonyl (C=O) groups is 1. The van der Waals surface area contributed by atoms with Crippen molar-refractivity contribution in [3.63, 3.8) is 0 Å². The van der Waals surface area contributed by atoms with Crippen LogP contribution in [0.4, 0.5) is 0 Å². The third kappa shape index (κ3) is 3.97. The van der Waals surface area contributed by atoms with Crippen molar-refractivity contribution in [3.05, 3.63) is 69.2 Å². The second-order valence-electron chi connectivity index (χ2n) is 4.23. The molecule has 0 aliphatic carbocycles. The summed E-state index contributed by atoms with van der Waals surface area (Å²) in [6, 6.07) is 12.0. The molecule has 0 radical (unpaired) electrons. The molecule has 5 heteroatoms. The Balaban J connectivity index is 1.94. The van der Waals surface area contributed by atoms with Gasteiger partial charge in [-0.25, -0.2) is 4.79 Å². The Morgan fingerprint density at radius 1 is 1.05 bits per heavy atom. The Hall–Kier alpha value is -1.55. The lowest BCUT2D eigenvalue weighted by Gasteiger charge is -2.07. The van der Waals surface area contributed by atoms with Gasteiger partial charge in [-0.15, -0.1) is 0 Å². The van der Waals surface area contributed by atoms with E-state index in [1.54, 1.807) is 18.2 Å². The van der Waals surface area contributed by atoms with Crippen LogP contribution < -0.4 is 0 Å². The molecule has 2 aromatic carbocycles. The number of carboxylic acids is 1. The zero-order valence-corrected chi connectivity index (χ0v) is 12.0. The van der Waals surface area contributed by atoms with E-state index >= 15 is 0 Å². The minimum atomic E-state index is -1.000. The summed E-state index contributed by atoms with van der Waals surface area (Å²) >= 11 is 11.8. The van der Waals surface area contributed by atoms with Gasteiger partial charge in [0.25, 0.3) is 0 Å². The Morgan fingerprint density at radius 2 is 1.75 bits per heavy atom. The van der Waals surface area contributed by atoms with E-state index in [9.17, 15) is 4.79 Å². The maximum atomic E-state index is 10.8. The molecule has 0 heterocycles. The fourth-order valence-electron chi connectivity index (χ4n) is 1.66. The van der Waals surface area contributed by atoms with Gasteiger partial charge in [0.15, 0.2) is 0 Å². The molecule has 0 aliphatic heterocycles. The minimum absolute atomic E-state index is 0.163. The molecule has 0 atom stereocenters. The quantitative estimate of drug-likeness (QED) is 0.889. The van der Waals surface area contributed by atoms with Crippen LogP contribution in [0.3, 0.4) is 0 Å². The Bertz CT molecular complexity index is 609. The molecule has 0 saturated carbocycles. The van der Waals surface area contributed by atoms with Gasteiger partial charge in [0.05, 0.1) is 18.8 Å². The number of benzene rings is 2. The van der Waals surface area contributed by atoms with E-state index in [0.29, 0.717) is 23.3 Å². The first-order chi connectivity index (χ1) is 9.56. The molecule has 0 amide bonds. The van der Waals surface area contributed by atoms with Crippen molar-refractivity contribution in [2.75, 3.05) is 0 Å². The lowest BCUT2D eigenvalue weighted by Crippen LogP contribution is -1.99. The third-order valence-corrected chi connectivity index (χ3v) is 3.34. The standard InChI is InChI=1S/C15H12Cl2O3/c16-13-5-1-10(2-6-13)8-20-9-12-4-3-11(15(18)19)7-14(12)17/h1-7H,8-9H2,(H,18,19). The smallest absolute Gasteiger partial charge is 0.335 e. The van der Waals surface area contributed by atoms with Crippen molar-refractivity contribution >= 4 is 29.2 Å². The molecule has 0 saturated heterocycles.